The van der Waals surface area contributed by atoms with E-state index in [4.69, 9.17) is 16.3 Å². The molecule has 2 aromatic rings. The number of nitrogens with zero attached hydrogens (tertiary/aromatic N) is 2. The van der Waals surface area contributed by atoms with Gasteiger partial charge in [0.25, 0.3) is 0 Å². The van der Waals surface area contributed by atoms with E-state index in [-0.39, 0.29) is 0 Å². The molecule has 0 radical (unpaired) electrons. The number of nitrogens with one attached hydrogen (secondary N) is 1. The van der Waals surface area contributed by atoms with Crippen molar-refractivity contribution in [2.75, 3.05) is 20.3 Å². The highest BCUT2D eigenvalue weighted by Crippen LogP contribution is 2.22. The van der Waals surface area contributed by atoms with Gasteiger partial charge in [-0.15, -0.1) is 0 Å². The van der Waals surface area contributed by atoms with Gasteiger partial charge in [-0.2, -0.15) is 5.10 Å². The van der Waals surface area contributed by atoms with E-state index < -0.39 is 0 Å². The quantitative estimate of drug-likeness (QED) is 0.819. The lowest BCUT2D eigenvalue weighted by Crippen LogP contribution is -2.18. The first-order valence-electron chi connectivity index (χ1n) is 5.89. The maximum Gasteiger partial charge on any atom is 0.0832 e. The van der Waals surface area contributed by atoms with Gasteiger partial charge in [0.1, 0.15) is 0 Å². The van der Waals surface area contributed by atoms with Gasteiger partial charge in [0.2, 0.25) is 0 Å². The van der Waals surface area contributed by atoms with Gasteiger partial charge in [-0.1, -0.05) is 17.7 Å². The molecule has 0 fully saturated rings. The molecule has 1 aromatic carbocycles. The van der Waals surface area contributed by atoms with Crippen LogP contribution in [0.4, 0.5) is 0 Å². The summed E-state index contributed by atoms with van der Waals surface area (Å²) in [4.78, 5) is 0. The zero-order chi connectivity index (χ0) is 13.7. The van der Waals surface area contributed by atoms with Gasteiger partial charge >= 0.3 is 0 Å². The number of hydrogen-bond donors (Lipinski definition) is 1. The first-order chi connectivity index (χ1) is 9.20. The van der Waals surface area contributed by atoms with Gasteiger partial charge in [-0.05, 0) is 33.6 Å². The van der Waals surface area contributed by atoms with Crippen LogP contribution in [-0.4, -0.2) is 30.0 Å². The molecule has 0 aliphatic carbocycles. The van der Waals surface area contributed by atoms with Crippen LogP contribution in [0.15, 0.2) is 35.1 Å². The molecule has 0 aliphatic rings. The number of aromatic nitrogens is 2. The van der Waals surface area contributed by atoms with E-state index in [2.05, 4.69) is 26.3 Å². The normalized spacial score (nSPS) is 10.9. The third-order valence-corrected chi connectivity index (χ3v) is 3.33. The molecule has 0 bridgehead atoms. The lowest BCUT2D eigenvalue weighted by molar-refractivity contribution is 0.199. The number of ether oxygens (including phenoxy) is 1. The van der Waals surface area contributed by atoms with Gasteiger partial charge in [0.05, 0.1) is 28.0 Å². The second kappa shape index (κ2) is 7.05. The maximum atomic E-state index is 6.28. The summed E-state index contributed by atoms with van der Waals surface area (Å²) in [6, 6.07) is 5.96. The zero-order valence-electron chi connectivity index (χ0n) is 10.6. The van der Waals surface area contributed by atoms with Gasteiger partial charge in [0, 0.05) is 26.4 Å². The number of halogens is 2. The lowest BCUT2D eigenvalue weighted by Gasteiger charge is -2.08. The minimum absolute atomic E-state index is 0.682. The van der Waals surface area contributed by atoms with Crippen molar-refractivity contribution in [1.29, 1.82) is 0 Å². The van der Waals surface area contributed by atoms with Crippen molar-refractivity contribution in [1.82, 2.24) is 15.1 Å². The molecule has 0 amide bonds. The van der Waals surface area contributed by atoms with E-state index >= 15 is 0 Å². The minimum Gasteiger partial charge on any atom is -0.383 e. The molecule has 0 saturated carbocycles. The number of hydrogen-bond acceptors (Lipinski definition) is 3. The van der Waals surface area contributed by atoms with E-state index in [1.165, 1.54) is 0 Å². The van der Waals surface area contributed by atoms with Crippen LogP contribution in [0, 0.1) is 0 Å². The fourth-order valence-corrected chi connectivity index (χ4v) is 2.26. The van der Waals surface area contributed by atoms with Gasteiger partial charge in [-0.3, -0.25) is 0 Å². The Morgan fingerprint density at radius 3 is 2.95 bits per heavy atom. The Bertz CT molecular complexity index is 544. The summed E-state index contributed by atoms with van der Waals surface area (Å²) in [6.45, 7) is 2.29. The second-order valence-electron chi connectivity index (χ2n) is 4.06. The van der Waals surface area contributed by atoms with Crippen LogP contribution in [0.1, 0.15) is 5.56 Å². The first-order valence-corrected chi connectivity index (χ1v) is 7.06. The fraction of sp³-hybridized carbons (Fsp3) is 0.308. The molecule has 4 nitrogen and oxygen atoms in total. The summed E-state index contributed by atoms with van der Waals surface area (Å²) in [5.41, 5.74) is 2.00. The predicted octanol–water partition coefficient (Wildman–Crippen LogP) is 3.02. The van der Waals surface area contributed by atoms with E-state index in [1.54, 1.807) is 18.0 Å². The molecule has 102 valence electrons. The molecular weight excluding hydrogens is 330 g/mol. The molecule has 0 spiro atoms. The highest BCUT2D eigenvalue weighted by atomic mass is 79.9. The van der Waals surface area contributed by atoms with Crippen LogP contribution in [0.5, 0.6) is 0 Å². The minimum atomic E-state index is 0.682. The van der Waals surface area contributed by atoms with E-state index in [0.717, 1.165) is 28.8 Å². The third kappa shape index (κ3) is 4.04. The Kier molecular flexibility index (Phi) is 5.39. The molecule has 0 atom stereocenters. The smallest absolute Gasteiger partial charge is 0.0832 e. The van der Waals surface area contributed by atoms with Crippen LogP contribution in [-0.2, 0) is 11.3 Å². The van der Waals surface area contributed by atoms with Crippen molar-refractivity contribution in [3.63, 3.8) is 0 Å². The molecule has 1 N–H and O–H groups in total. The highest BCUT2D eigenvalue weighted by Gasteiger charge is 2.05. The van der Waals surface area contributed by atoms with Crippen LogP contribution in [0.3, 0.4) is 0 Å². The Balaban J connectivity index is 2.05. The predicted molar refractivity (Wildman–Crippen MR) is 79.9 cm³/mol. The molecule has 0 aliphatic heterocycles. The summed E-state index contributed by atoms with van der Waals surface area (Å²) in [5.74, 6) is 0. The summed E-state index contributed by atoms with van der Waals surface area (Å²) in [7, 11) is 1.69. The SMILES string of the molecule is COCCNCc1ccc(-n2cc(Br)cn2)c(Cl)c1. The fourth-order valence-electron chi connectivity index (χ4n) is 1.69. The maximum absolute atomic E-state index is 6.28. The van der Waals surface area contributed by atoms with Crippen LogP contribution in [0.2, 0.25) is 5.02 Å². The standard InChI is InChI=1S/C13H15BrClN3O/c1-19-5-4-16-7-10-2-3-13(12(15)6-10)18-9-11(14)8-17-18/h2-3,6,8-9,16H,4-5,7H2,1H3. The van der Waals surface area contributed by atoms with Crippen LogP contribution >= 0.6 is 27.5 Å². The Hall–Kier alpha value is -0.880. The van der Waals surface area contributed by atoms with Crippen LogP contribution in [0.25, 0.3) is 5.69 Å². The molecular formula is C13H15BrClN3O. The molecule has 0 unspecified atom stereocenters. The first kappa shape index (κ1) is 14.5. The lowest BCUT2D eigenvalue weighted by atomic mass is 10.2. The topological polar surface area (TPSA) is 39.1 Å². The average Bonchev–Trinajstić information content (AvgIpc) is 2.81. The number of methoxy groups -OCH3 is 1. The number of rotatable bonds is 6. The molecule has 0 saturated heterocycles. The van der Waals surface area contributed by atoms with Crippen molar-refractivity contribution in [2.45, 2.75) is 6.54 Å². The molecule has 1 aromatic heterocycles. The molecule has 2 rings (SSSR count). The van der Waals surface area contributed by atoms with Crippen molar-refractivity contribution in [3.8, 4) is 5.69 Å². The van der Waals surface area contributed by atoms with Gasteiger partial charge in [0.15, 0.2) is 0 Å². The third-order valence-electron chi connectivity index (χ3n) is 2.62. The van der Waals surface area contributed by atoms with E-state index in [0.29, 0.717) is 11.6 Å². The summed E-state index contributed by atoms with van der Waals surface area (Å²) in [6.07, 6.45) is 3.61. The molecule has 6 heteroatoms. The van der Waals surface area contributed by atoms with Crippen molar-refractivity contribution in [2.24, 2.45) is 0 Å². The molecule has 1 heterocycles. The van der Waals surface area contributed by atoms with Crippen LogP contribution < -0.4 is 5.32 Å². The largest absolute Gasteiger partial charge is 0.383 e. The van der Waals surface area contributed by atoms with E-state index in [9.17, 15) is 0 Å². The Labute approximate surface area is 125 Å². The van der Waals surface area contributed by atoms with E-state index in [1.807, 2.05) is 24.4 Å². The molecule has 19 heavy (non-hydrogen) atoms. The van der Waals surface area contributed by atoms with Crippen molar-refractivity contribution < 1.29 is 4.74 Å². The Morgan fingerprint density at radius 1 is 1.47 bits per heavy atom. The van der Waals surface area contributed by atoms with Gasteiger partial charge < -0.3 is 10.1 Å². The zero-order valence-corrected chi connectivity index (χ0v) is 12.9. The highest BCUT2D eigenvalue weighted by molar-refractivity contribution is 9.10. The summed E-state index contributed by atoms with van der Waals surface area (Å²) < 4.78 is 7.65. The van der Waals surface area contributed by atoms with Crippen molar-refractivity contribution in [3.05, 3.63) is 45.7 Å². The monoisotopic (exact) mass is 343 g/mol. The van der Waals surface area contributed by atoms with Gasteiger partial charge in [-0.25, -0.2) is 4.68 Å². The average molecular weight is 345 g/mol. The van der Waals surface area contributed by atoms with Crippen molar-refractivity contribution >= 4 is 27.5 Å². The number of benzene rings is 1. The Morgan fingerprint density at radius 2 is 2.32 bits per heavy atom. The second-order valence-corrected chi connectivity index (χ2v) is 5.38. The summed E-state index contributed by atoms with van der Waals surface area (Å²) in [5, 5.41) is 8.18. The summed E-state index contributed by atoms with van der Waals surface area (Å²) >= 11 is 9.65.